The molecular weight excluding hydrogens is 711 g/mol. The number of carbonyl (C=O) groups is 7. The first-order valence-corrected chi connectivity index (χ1v) is 19.7. The van der Waals surface area contributed by atoms with Gasteiger partial charge in [0.05, 0.1) is 0 Å². The summed E-state index contributed by atoms with van der Waals surface area (Å²) in [6.07, 6.45) is 7.78. The maximum Gasteiger partial charge on any atom is 0.329 e. The number of fused-ring (bicyclic) bond motifs is 2. The summed E-state index contributed by atoms with van der Waals surface area (Å²) in [6.45, 7) is 5.45. The molecule has 6 atom stereocenters. The number of esters is 1. The minimum Gasteiger partial charge on any atom is -0.458 e. The number of benzene rings is 1. The van der Waals surface area contributed by atoms with Crippen LogP contribution < -0.4 is 16.0 Å². The zero-order valence-electron chi connectivity index (χ0n) is 32.3. The first-order chi connectivity index (χ1) is 26.3. The molecule has 300 valence electrons. The van der Waals surface area contributed by atoms with Gasteiger partial charge in [-0.3, -0.25) is 28.8 Å². The molecule has 1 aliphatic carbocycles. The predicted molar refractivity (Wildman–Crippen MR) is 199 cm³/mol. The smallest absolute Gasteiger partial charge is 0.329 e. The summed E-state index contributed by atoms with van der Waals surface area (Å²) in [5.74, 6) is -4.73. The van der Waals surface area contributed by atoms with Gasteiger partial charge in [-0.05, 0) is 82.6 Å². The molecule has 5 rings (SSSR count). The molecule has 4 fully saturated rings. The van der Waals surface area contributed by atoms with Crippen LogP contribution in [0.25, 0.3) is 0 Å². The van der Waals surface area contributed by atoms with Crippen LogP contribution in [0.2, 0.25) is 0 Å². The second-order valence-electron chi connectivity index (χ2n) is 15.3. The quantitative estimate of drug-likeness (QED) is 0.195. The van der Waals surface area contributed by atoms with Crippen LogP contribution in [0.3, 0.4) is 0 Å². The number of amides is 6. The number of likely N-dealkylation sites (N-methyl/N-ethyl adjacent to an activating group) is 1. The Labute approximate surface area is 321 Å². The van der Waals surface area contributed by atoms with Gasteiger partial charge in [0.15, 0.2) is 0 Å². The third kappa shape index (κ3) is 9.35. The molecule has 1 aromatic rings. The van der Waals surface area contributed by atoms with Crippen LogP contribution in [0.15, 0.2) is 36.4 Å². The molecule has 6 amide bonds. The highest BCUT2D eigenvalue weighted by molar-refractivity contribution is 5.99. The van der Waals surface area contributed by atoms with Crippen molar-refractivity contribution in [3.8, 4) is 0 Å². The lowest BCUT2D eigenvalue weighted by molar-refractivity contribution is -0.163. The van der Waals surface area contributed by atoms with E-state index in [1.54, 1.807) is 26.1 Å². The fraction of sp³-hybridized carbons (Fsp3) is 0.625. The van der Waals surface area contributed by atoms with Crippen molar-refractivity contribution in [2.24, 2.45) is 0 Å². The Morgan fingerprint density at radius 3 is 2.33 bits per heavy atom. The van der Waals surface area contributed by atoms with Crippen molar-refractivity contribution >= 4 is 41.4 Å². The van der Waals surface area contributed by atoms with Crippen LogP contribution >= 0.6 is 0 Å². The zero-order chi connectivity index (χ0) is 39.9. The van der Waals surface area contributed by atoms with Crippen LogP contribution in [0.1, 0.15) is 97.0 Å². The number of nitrogens with one attached hydrogen (secondary N) is 3. The Balaban J connectivity index is 1.50. The van der Waals surface area contributed by atoms with Gasteiger partial charge in [-0.1, -0.05) is 50.8 Å². The molecule has 3 N–H and O–H groups in total. The number of hydrogen-bond donors (Lipinski definition) is 3. The molecule has 1 aromatic carbocycles. The van der Waals surface area contributed by atoms with Crippen molar-refractivity contribution in [3.05, 3.63) is 47.8 Å². The number of hydrogen-bond acceptors (Lipinski definition) is 8. The molecule has 3 aliphatic heterocycles. The maximum absolute atomic E-state index is 14.6. The Morgan fingerprint density at radius 1 is 0.982 bits per heavy atom. The molecular formula is C40H55FN6O8. The second-order valence-corrected chi connectivity index (χ2v) is 15.3. The van der Waals surface area contributed by atoms with E-state index in [2.05, 4.69) is 16.0 Å². The molecule has 1 saturated carbocycles. The molecule has 0 radical (unpaired) electrons. The molecule has 3 heterocycles. The summed E-state index contributed by atoms with van der Waals surface area (Å²) in [5, 5.41) is 8.23. The molecule has 15 heteroatoms. The molecule has 4 aliphatic rings. The summed E-state index contributed by atoms with van der Waals surface area (Å²) in [5.41, 5.74) is -0.824. The topological polar surface area (TPSA) is 175 Å². The van der Waals surface area contributed by atoms with E-state index in [-0.39, 0.29) is 19.5 Å². The minimum atomic E-state index is -1.51. The number of halogens is 1. The van der Waals surface area contributed by atoms with Gasteiger partial charge in [-0.25, -0.2) is 9.18 Å². The van der Waals surface area contributed by atoms with Crippen LogP contribution in [-0.4, -0.2) is 118 Å². The van der Waals surface area contributed by atoms with E-state index in [4.69, 9.17) is 4.74 Å². The molecule has 55 heavy (non-hydrogen) atoms. The number of rotatable bonds is 9. The number of allylic oxidation sites excluding steroid dienone is 1. The third-order valence-corrected chi connectivity index (χ3v) is 11.5. The molecule has 14 nitrogen and oxygen atoms in total. The fourth-order valence-electron chi connectivity index (χ4n) is 8.30. The first kappa shape index (κ1) is 41.3. The van der Waals surface area contributed by atoms with Crippen molar-refractivity contribution in [2.45, 2.75) is 140 Å². The number of ether oxygens (including phenoxy) is 1. The lowest BCUT2D eigenvalue weighted by Gasteiger charge is -2.41. The highest BCUT2D eigenvalue weighted by Crippen LogP contribution is 2.37. The normalized spacial score (nSPS) is 26.9. The van der Waals surface area contributed by atoms with E-state index < -0.39 is 89.1 Å². The maximum atomic E-state index is 14.6. The lowest BCUT2D eigenvalue weighted by Crippen LogP contribution is -2.65. The van der Waals surface area contributed by atoms with Gasteiger partial charge in [-0.15, -0.1) is 0 Å². The van der Waals surface area contributed by atoms with Gasteiger partial charge >= 0.3 is 5.97 Å². The Hall–Kier alpha value is -4.82. The van der Waals surface area contributed by atoms with Crippen LogP contribution in [-0.2, 0) is 44.7 Å². The summed E-state index contributed by atoms with van der Waals surface area (Å²) in [7, 11) is 1.56. The van der Waals surface area contributed by atoms with Gasteiger partial charge in [0.2, 0.25) is 35.4 Å². The predicted octanol–water partition coefficient (Wildman–Crippen LogP) is 2.29. The van der Waals surface area contributed by atoms with Crippen LogP contribution in [0, 0.1) is 5.82 Å². The van der Waals surface area contributed by atoms with Gasteiger partial charge in [0.25, 0.3) is 0 Å². The summed E-state index contributed by atoms with van der Waals surface area (Å²) < 4.78 is 20.1. The zero-order valence-corrected chi connectivity index (χ0v) is 32.3. The molecule has 1 spiro atoms. The number of nitrogens with zero attached hydrogens (tertiary/aromatic N) is 3. The van der Waals surface area contributed by atoms with Crippen molar-refractivity contribution in [1.82, 2.24) is 30.7 Å². The Bertz CT molecular complexity index is 1660. The van der Waals surface area contributed by atoms with Gasteiger partial charge in [-0.2, -0.15) is 0 Å². The summed E-state index contributed by atoms with van der Waals surface area (Å²) in [6, 6.07) is -0.138. The van der Waals surface area contributed by atoms with E-state index in [0.717, 1.165) is 12.8 Å². The van der Waals surface area contributed by atoms with Crippen molar-refractivity contribution in [1.29, 1.82) is 0 Å². The fourth-order valence-corrected chi connectivity index (χ4v) is 8.30. The summed E-state index contributed by atoms with van der Waals surface area (Å²) in [4.78, 5) is 102. The average molecular weight is 767 g/mol. The van der Waals surface area contributed by atoms with E-state index in [1.165, 1.54) is 45.9 Å². The van der Waals surface area contributed by atoms with Crippen molar-refractivity contribution < 1.29 is 42.7 Å². The largest absolute Gasteiger partial charge is 0.458 e. The highest BCUT2D eigenvalue weighted by Gasteiger charge is 2.51. The van der Waals surface area contributed by atoms with Gasteiger partial charge in [0.1, 0.15) is 47.7 Å². The second kappa shape index (κ2) is 18.2. The molecule has 3 saturated heterocycles. The minimum absolute atomic E-state index is 0.121. The number of carbonyl (C=O) groups excluding carboxylic acids is 7. The third-order valence-electron chi connectivity index (χ3n) is 11.5. The number of unbranched alkanes of at least 4 members (excludes halogenated alkanes) is 2. The summed E-state index contributed by atoms with van der Waals surface area (Å²) >= 11 is 0. The van der Waals surface area contributed by atoms with E-state index in [1.807, 2.05) is 6.92 Å². The first-order valence-electron chi connectivity index (χ1n) is 19.7. The van der Waals surface area contributed by atoms with E-state index >= 15 is 0 Å². The van der Waals surface area contributed by atoms with E-state index in [0.29, 0.717) is 63.4 Å². The van der Waals surface area contributed by atoms with Crippen molar-refractivity contribution in [3.63, 3.8) is 0 Å². The standard InChI is InChI=1S/C40H55FN6O8/c1-5-6-7-8-18-32(48)43-29(24-27-14-11-15-28(41)23-27)34(49)44-33-26(3)55-38(53)31-17-13-22-47(31)35(50)25(2)42-39(54)40(19-9-10-20-40)45(4)36(51)30-16-12-21-46(30)37(33)52/h8,11,14-15,18,23,25-26,29-31,33H,5-7,9-10,12-13,16-17,19-22,24H2,1-4H3,(H,42,54)(H,43,48)(H,44,49)/b18-8+/t25-,26-,29-,30+,31+,33-/m0/s1. The van der Waals surface area contributed by atoms with Gasteiger partial charge < -0.3 is 35.4 Å². The van der Waals surface area contributed by atoms with E-state index in [9.17, 15) is 38.0 Å². The monoisotopic (exact) mass is 766 g/mol. The van der Waals surface area contributed by atoms with Crippen molar-refractivity contribution in [2.75, 3.05) is 20.1 Å². The van der Waals surface area contributed by atoms with Crippen LogP contribution in [0.4, 0.5) is 4.39 Å². The lowest BCUT2D eigenvalue weighted by atomic mass is 9.92. The van der Waals surface area contributed by atoms with Gasteiger partial charge in [0, 0.05) is 26.6 Å². The highest BCUT2D eigenvalue weighted by atomic mass is 19.1. The molecule has 0 aromatic heterocycles. The Kier molecular flexibility index (Phi) is 13.7. The Morgan fingerprint density at radius 2 is 1.65 bits per heavy atom. The van der Waals surface area contributed by atoms with Crippen LogP contribution in [0.5, 0.6) is 0 Å². The SMILES string of the molecule is CCCC/C=C/C(=O)N[C@@H](Cc1cccc(F)c1)C(=O)N[C@@H]1C(=O)N2CCC[C@@H]2C(=O)N(C)C2(CCCC2)C(=O)N[C@@H](C)C(=O)N2CCC[C@@H]2C(=O)O[C@H]1C. The molecule has 0 bridgehead atoms. The molecule has 0 unspecified atom stereocenters. The average Bonchev–Trinajstić information content (AvgIpc) is 3.96. The number of cyclic esters (lactones) is 1.